The number of rotatable bonds is 4. The topological polar surface area (TPSA) is 115 Å². The predicted octanol–water partition coefficient (Wildman–Crippen LogP) is 0.914. The third-order valence-electron chi connectivity index (χ3n) is 3.29. The molecule has 2 heterocycles. The molecule has 21 heavy (non-hydrogen) atoms. The number of nitrogens with one attached hydrogen (secondary N) is 1. The molecule has 0 spiro atoms. The Hall–Kier alpha value is -1.77. The highest BCUT2D eigenvalue weighted by molar-refractivity contribution is 6.29. The largest absolute Gasteiger partial charge is 0.388 e. The number of aliphatic hydroxyl groups is 1. The number of nitrogens with zero attached hydrogens (tertiary/aromatic N) is 2. The molecule has 8 nitrogen and oxygen atoms in total. The van der Waals surface area contributed by atoms with E-state index < -0.39 is 22.1 Å². The Labute approximate surface area is 125 Å². The third-order valence-corrected chi connectivity index (χ3v) is 3.50. The molecule has 0 bridgehead atoms. The Bertz CT molecular complexity index is 560. The maximum Gasteiger partial charge on any atom is 0.300 e. The van der Waals surface area contributed by atoms with Crippen molar-refractivity contribution >= 4 is 23.2 Å². The summed E-state index contributed by atoms with van der Waals surface area (Å²) >= 11 is 5.66. The summed E-state index contributed by atoms with van der Waals surface area (Å²) in [6, 6.07) is 1.13. The number of hydrogen-bond acceptors (Lipinski definition) is 6. The summed E-state index contributed by atoms with van der Waals surface area (Å²) in [5.74, 6) is -0.675. The van der Waals surface area contributed by atoms with Crippen LogP contribution >= 0.6 is 11.6 Å². The van der Waals surface area contributed by atoms with Gasteiger partial charge in [-0.3, -0.25) is 14.9 Å². The van der Waals surface area contributed by atoms with Crippen LogP contribution < -0.4 is 5.32 Å². The van der Waals surface area contributed by atoms with Crippen LogP contribution in [0.3, 0.4) is 0 Å². The molecule has 1 fully saturated rings. The number of pyridine rings is 1. The van der Waals surface area contributed by atoms with Crippen molar-refractivity contribution in [3.05, 3.63) is 33.1 Å². The number of halogens is 1. The number of amides is 1. The molecule has 0 atom stereocenters. The van der Waals surface area contributed by atoms with Gasteiger partial charge >= 0.3 is 0 Å². The van der Waals surface area contributed by atoms with E-state index in [0.29, 0.717) is 26.1 Å². The lowest BCUT2D eigenvalue weighted by atomic mass is 9.94. The molecule has 114 valence electrons. The fourth-order valence-electron chi connectivity index (χ4n) is 2.02. The number of carbonyl (C=O) groups excluding carboxylic acids is 1. The first-order chi connectivity index (χ1) is 9.91. The average molecular weight is 316 g/mol. The van der Waals surface area contributed by atoms with Gasteiger partial charge in [-0.1, -0.05) is 11.6 Å². The van der Waals surface area contributed by atoms with Crippen molar-refractivity contribution in [3.8, 4) is 0 Å². The molecular weight excluding hydrogens is 302 g/mol. The minimum absolute atomic E-state index is 0.00765. The number of nitro groups is 1. The molecule has 2 rings (SSSR count). The molecule has 1 aromatic rings. The second-order valence-corrected chi connectivity index (χ2v) is 5.19. The van der Waals surface area contributed by atoms with E-state index in [1.165, 1.54) is 0 Å². The summed E-state index contributed by atoms with van der Waals surface area (Å²) < 4.78 is 5.13. The lowest BCUT2D eigenvalue weighted by Crippen LogP contribution is -2.46. The number of aromatic nitrogens is 1. The zero-order valence-electron chi connectivity index (χ0n) is 11.0. The normalized spacial score (nSPS) is 17.2. The van der Waals surface area contributed by atoms with Crippen LogP contribution in [-0.4, -0.2) is 46.3 Å². The van der Waals surface area contributed by atoms with E-state index in [1.807, 2.05) is 0 Å². The Morgan fingerprint density at radius 3 is 2.86 bits per heavy atom. The van der Waals surface area contributed by atoms with Crippen molar-refractivity contribution in [1.29, 1.82) is 0 Å². The van der Waals surface area contributed by atoms with Gasteiger partial charge in [0.25, 0.3) is 11.6 Å². The van der Waals surface area contributed by atoms with Crippen LogP contribution in [0.15, 0.2) is 12.3 Å². The fraction of sp³-hybridized carbons (Fsp3) is 0.500. The zero-order chi connectivity index (χ0) is 15.5. The summed E-state index contributed by atoms with van der Waals surface area (Å²) in [5, 5.41) is 23.6. The van der Waals surface area contributed by atoms with Crippen molar-refractivity contribution in [2.75, 3.05) is 19.8 Å². The van der Waals surface area contributed by atoms with E-state index in [9.17, 15) is 20.0 Å². The summed E-state index contributed by atoms with van der Waals surface area (Å²) in [4.78, 5) is 25.8. The minimum atomic E-state index is -1.06. The van der Waals surface area contributed by atoms with Gasteiger partial charge in [-0.2, -0.15) is 0 Å². The number of ether oxygens (including phenoxy) is 1. The van der Waals surface area contributed by atoms with E-state index in [1.54, 1.807) is 0 Å². The second-order valence-electron chi connectivity index (χ2n) is 4.80. The molecule has 1 aromatic heterocycles. The first-order valence-corrected chi connectivity index (χ1v) is 6.67. The average Bonchev–Trinajstić information content (AvgIpc) is 2.45. The first kappa shape index (κ1) is 15.6. The first-order valence-electron chi connectivity index (χ1n) is 6.29. The molecule has 1 saturated heterocycles. The molecule has 0 saturated carbocycles. The van der Waals surface area contributed by atoms with E-state index >= 15 is 0 Å². The van der Waals surface area contributed by atoms with Crippen molar-refractivity contribution in [2.24, 2.45) is 0 Å². The summed E-state index contributed by atoms with van der Waals surface area (Å²) in [6.07, 6.45) is 1.72. The van der Waals surface area contributed by atoms with Gasteiger partial charge in [0, 0.05) is 32.6 Å². The maximum atomic E-state index is 12.1. The van der Waals surface area contributed by atoms with Gasteiger partial charge in [-0.25, -0.2) is 4.98 Å². The predicted molar refractivity (Wildman–Crippen MR) is 73.2 cm³/mol. The summed E-state index contributed by atoms with van der Waals surface area (Å²) in [7, 11) is 0. The highest BCUT2D eigenvalue weighted by Crippen LogP contribution is 2.22. The van der Waals surface area contributed by atoms with E-state index in [-0.39, 0.29) is 17.3 Å². The Morgan fingerprint density at radius 2 is 2.24 bits per heavy atom. The third kappa shape index (κ3) is 3.87. The minimum Gasteiger partial charge on any atom is -0.388 e. The van der Waals surface area contributed by atoms with Gasteiger partial charge in [0.15, 0.2) is 0 Å². The highest BCUT2D eigenvalue weighted by Gasteiger charge is 2.31. The standard InChI is InChI=1S/C12H14ClN3O5/c13-10-5-8(9(6-14-10)16(19)20)11(17)15-7-12(18)1-3-21-4-2-12/h5-6,18H,1-4,7H2,(H,15,17). The number of carbonyl (C=O) groups is 1. The maximum absolute atomic E-state index is 12.1. The number of hydrogen-bond donors (Lipinski definition) is 2. The van der Waals surface area contributed by atoms with Crippen LogP contribution in [0, 0.1) is 10.1 Å². The molecule has 0 aromatic carbocycles. The quantitative estimate of drug-likeness (QED) is 0.485. The Balaban J connectivity index is 2.09. The highest BCUT2D eigenvalue weighted by atomic mass is 35.5. The zero-order valence-corrected chi connectivity index (χ0v) is 11.8. The van der Waals surface area contributed by atoms with Crippen LogP contribution in [0.1, 0.15) is 23.2 Å². The molecule has 1 aliphatic heterocycles. The lowest BCUT2D eigenvalue weighted by molar-refractivity contribution is -0.385. The van der Waals surface area contributed by atoms with E-state index in [2.05, 4.69) is 10.3 Å². The molecule has 0 unspecified atom stereocenters. The van der Waals surface area contributed by atoms with Crippen LogP contribution in [0.2, 0.25) is 5.15 Å². The molecule has 1 amide bonds. The van der Waals surface area contributed by atoms with Gasteiger partial charge in [-0.05, 0) is 6.07 Å². The van der Waals surface area contributed by atoms with Crippen molar-refractivity contribution in [1.82, 2.24) is 10.3 Å². The SMILES string of the molecule is O=C(NCC1(O)CCOCC1)c1cc(Cl)ncc1[N+](=O)[O-]. The second kappa shape index (κ2) is 6.33. The van der Waals surface area contributed by atoms with E-state index in [0.717, 1.165) is 12.3 Å². The van der Waals surface area contributed by atoms with E-state index in [4.69, 9.17) is 16.3 Å². The monoisotopic (exact) mass is 315 g/mol. The van der Waals surface area contributed by atoms with Crippen molar-refractivity contribution < 1.29 is 19.6 Å². The van der Waals surface area contributed by atoms with Gasteiger partial charge in [-0.15, -0.1) is 0 Å². The van der Waals surface area contributed by atoms with Crippen LogP contribution in [0.5, 0.6) is 0 Å². The molecular formula is C12H14ClN3O5. The summed E-state index contributed by atoms with van der Waals surface area (Å²) in [6.45, 7) is 0.813. The van der Waals surface area contributed by atoms with Crippen LogP contribution in [0.25, 0.3) is 0 Å². The Kier molecular flexibility index (Phi) is 4.71. The van der Waals surface area contributed by atoms with Gasteiger partial charge in [0.05, 0.1) is 10.5 Å². The lowest BCUT2D eigenvalue weighted by Gasteiger charge is -2.32. The summed E-state index contributed by atoms with van der Waals surface area (Å²) in [5.41, 5.74) is -1.67. The van der Waals surface area contributed by atoms with Crippen LogP contribution in [0.4, 0.5) is 5.69 Å². The molecule has 1 aliphatic rings. The van der Waals surface area contributed by atoms with Gasteiger partial charge < -0.3 is 15.2 Å². The molecule has 2 N–H and O–H groups in total. The molecule has 9 heteroatoms. The van der Waals surface area contributed by atoms with Crippen LogP contribution in [-0.2, 0) is 4.74 Å². The Morgan fingerprint density at radius 1 is 1.57 bits per heavy atom. The van der Waals surface area contributed by atoms with Crippen molar-refractivity contribution in [2.45, 2.75) is 18.4 Å². The smallest absolute Gasteiger partial charge is 0.300 e. The fourth-order valence-corrected chi connectivity index (χ4v) is 2.18. The van der Waals surface area contributed by atoms with Gasteiger partial charge in [0.2, 0.25) is 0 Å². The van der Waals surface area contributed by atoms with Crippen molar-refractivity contribution in [3.63, 3.8) is 0 Å². The van der Waals surface area contributed by atoms with Gasteiger partial charge in [0.1, 0.15) is 16.9 Å². The molecule has 0 radical (unpaired) electrons. The molecule has 0 aliphatic carbocycles.